The second-order valence-electron chi connectivity index (χ2n) is 7.19. The van der Waals surface area contributed by atoms with Gasteiger partial charge in [0.25, 0.3) is 6.43 Å². The zero-order valence-corrected chi connectivity index (χ0v) is 17.2. The van der Waals surface area contributed by atoms with Gasteiger partial charge in [0.05, 0.1) is 5.69 Å². The summed E-state index contributed by atoms with van der Waals surface area (Å²) in [6.07, 6.45) is -1.22. The lowest BCUT2D eigenvalue weighted by Crippen LogP contribution is -2.17. The maximum atomic E-state index is 14.0. The summed E-state index contributed by atoms with van der Waals surface area (Å²) in [6, 6.07) is 11.4. The van der Waals surface area contributed by atoms with Crippen molar-refractivity contribution in [2.45, 2.75) is 55.8 Å². The Labute approximate surface area is 171 Å². The van der Waals surface area contributed by atoms with E-state index < -0.39 is 17.8 Å². The summed E-state index contributed by atoms with van der Waals surface area (Å²) in [6.45, 7) is 4.91. The third-order valence-corrected chi connectivity index (χ3v) is 5.46. The molecule has 3 rings (SSSR count). The van der Waals surface area contributed by atoms with E-state index in [1.807, 2.05) is 6.92 Å². The van der Waals surface area contributed by atoms with E-state index in [9.17, 15) is 18.0 Å². The van der Waals surface area contributed by atoms with E-state index >= 15 is 0 Å². The van der Waals surface area contributed by atoms with Crippen LogP contribution < -0.4 is 5.69 Å². The molecule has 0 amide bonds. The summed E-state index contributed by atoms with van der Waals surface area (Å²) in [5, 5.41) is 6.55. The minimum atomic E-state index is -2.73. The second kappa shape index (κ2) is 8.49. The number of aromatic amines is 1. The first-order valence-corrected chi connectivity index (χ1v) is 10.1. The first-order valence-electron chi connectivity index (χ1n) is 9.26. The minimum absolute atomic E-state index is 0.0996. The summed E-state index contributed by atoms with van der Waals surface area (Å²) >= 11 is 1.14. The van der Waals surface area contributed by atoms with Crippen molar-refractivity contribution in [1.82, 2.24) is 14.8 Å². The lowest BCUT2D eigenvalue weighted by atomic mass is 10.0. The van der Waals surface area contributed by atoms with Crippen molar-refractivity contribution in [2.75, 3.05) is 0 Å². The Morgan fingerprint density at radius 3 is 2.45 bits per heavy atom. The Morgan fingerprint density at radius 2 is 1.86 bits per heavy atom. The Hall–Kier alpha value is -2.48. The maximum Gasteiger partial charge on any atom is 0.348 e. The van der Waals surface area contributed by atoms with Gasteiger partial charge in [0.15, 0.2) is 0 Å². The lowest BCUT2D eigenvalue weighted by molar-refractivity contribution is 0.151. The fourth-order valence-corrected chi connectivity index (χ4v) is 3.86. The Bertz CT molecular complexity index is 1040. The second-order valence-corrected chi connectivity index (χ2v) is 8.23. The number of nitrogens with one attached hydrogen (secondary N) is 1. The maximum absolute atomic E-state index is 14.0. The van der Waals surface area contributed by atoms with Gasteiger partial charge in [-0.15, -0.1) is 5.10 Å². The first-order chi connectivity index (χ1) is 13.7. The molecule has 0 saturated heterocycles. The smallest absolute Gasteiger partial charge is 0.246 e. The summed E-state index contributed by atoms with van der Waals surface area (Å²) in [5.41, 5.74) is -0.864. The molecule has 29 heavy (non-hydrogen) atoms. The van der Waals surface area contributed by atoms with E-state index in [1.165, 1.54) is 26.0 Å². The first kappa shape index (κ1) is 21.2. The van der Waals surface area contributed by atoms with Crippen LogP contribution in [0.4, 0.5) is 13.2 Å². The highest BCUT2D eigenvalue weighted by atomic mass is 32.2. The Balaban J connectivity index is 1.99. The van der Waals surface area contributed by atoms with Gasteiger partial charge in [0.2, 0.25) is 5.16 Å². The number of H-pyrrole nitrogens is 1. The highest BCUT2D eigenvalue weighted by Crippen LogP contribution is 2.33. The minimum Gasteiger partial charge on any atom is -0.246 e. The van der Waals surface area contributed by atoms with E-state index in [0.29, 0.717) is 16.9 Å². The molecule has 4 nitrogen and oxygen atoms in total. The molecule has 154 valence electrons. The molecular weight excluding hydrogens is 399 g/mol. The number of halogens is 3. The van der Waals surface area contributed by atoms with Crippen LogP contribution in [0, 0.1) is 0 Å². The van der Waals surface area contributed by atoms with Crippen molar-refractivity contribution in [3.05, 3.63) is 69.6 Å². The van der Waals surface area contributed by atoms with E-state index in [4.69, 9.17) is 0 Å². The molecule has 0 aliphatic heterocycles. The number of hydrogen-bond donors (Lipinski definition) is 1. The molecule has 1 aromatic heterocycles. The van der Waals surface area contributed by atoms with E-state index in [1.54, 1.807) is 30.3 Å². The molecule has 2 aromatic carbocycles. The molecular formula is C21H22F3N3OS. The molecule has 0 aliphatic carbocycles. The van der Waals surface area contributed by atoms with Crippen LogP contribution in [0.5, 0.6) is 0 Å². The van der Waals surface area contributed by atoms with Gasteiger partial charge < -0.3 is 0 Å². The molecule has 0 bridgehead atoms. The highest BCUT2D eigenvalue weighted by Gasteiger charge is 2.21. The molecule has 1 heterocycles. The van der Waals surface area contributed by atoms with Gasteiger partial charge in [0.1, 0.15) is 5.67 Å². The van der Waals surface area contributed by atoms with Crippen LogP contribution >= 0.6 is 11.8 Å². The summed E-state index contributed by atoms with van der Waals surface area (Å²) in [7, 11) is 0. The summed E-state index contributed by atoms with van der Waals surface area (Å²) < 4.78 is 42.6. The normalized spacial score (nSPS) is 12.0. The molecule has 0 saturated carbocycles. The van der Waals surface area contributed by atoms with Crippen molar-refractivity contribution in [1.29, 1.82) is 0 Å². The largest absolute Gasteiger partial charge is 0.348 e. The zero-order valence-electron chi connectivity index (χ0n) is 16.4. The molecule has 0 spiro atoms. The van der Waals surface area contributed by atoms with Crippen LogP contribution in [0.15, 0.2) is 57.3 Å². The lowest BCUT2D eigenvalue weighted by Gasteiger charge is -2.15. The zero-order chi connectivity index (χ0) is 21.2. The van der Waals surface area contributed by atoms with Crippen LogP contribution in [0.3, 0.4) is 0 Å². The van der Waals surface area contributed by atoms with Crippen molar-refractivity contribution in [3.8, 4) is 5.69 Å². The molecule has 3 aromatic rings. The number of aryl methyl sites for hydroxylation is 1. The number of benzene rings is 2. The third-order valence-electron chi connectivity index (χ3n) is 4.50. The Kier molecular flexibility index (Phi) is 6.21. The van der Waals surface area contributed by atoms with Gasteiger partial charge in [-0.2, -0.15) is 0 Å². The topological polar surface area (TPSA) is 50.7 Å². The van der Waals surface area contributed by atoms with E-state index in [2.05, 4.69) is 10.2 Å². The molecule has 0 atom stereocenters. The van der Waals surface area contributed by atoms with Gasteiger partial charge in [-0.3, -0.25) is 0 Å². The molecule has 0 fully saturated rings. The van der Waals surface area contributed by atoms with Crippen molar-refractivity contribution in [3.63, 3.8) is 0 Å². The predicted molar refractivity (Wildman–Crippen MR) is 108 cm³/mol. The van der Waals surface area contributed by atoms with Crippen LogP contribution in [-0.2, 0) is 12.1 Å². The summed E-state index contributed by atoms with van der Waals surface area (Å²) in [4.78, 5) is 13.0. The van der Waals surface area contributed by atoms with Crippen LogP contribution in [0.2, 0.25) is 0 Å². The van der Waals surface area contributed by atoms with Gasteiger partial charge in [-0.05, 0) is 67.4 Å². The number of alkyl halides is 3. The molecule has 1 N–H and O–H groups in total. The highest BCUT2D eigenvalue weighted by molar-refractivity contribution is 7.99. The average Bonchev–Trinajstić information content (AvgIpc) is 3.02. The van der Waals surface area contributed by atoms with Gasteiger partial charge in [-0.1, -0.05) is 31.5 Å². The quantitative estimate of drug-likeness (QED) is 0.524. The molecule has 0 radical (unpaired) electrons. The number of nitrogens with zero attached hydrogens (tertiary/aromatic N) is 2. The van der Waals surface area contributed by atoms with E-state index in [0.717, 1.165) is 28.3 Å². The van der Waals surface area contributed by atoms with Crippen LogP contribution in [-0.4, -0.2) is 14.8 Å². The number of aromatic nitrogens is 3. The monoisotopic (exact) mass is 421 g/mol. The van der Waals surface area contributed by atoms with Crippen LogP contribution in [0.1, 0.15) is 50.3 Å². The molecule has 0 unspecified atom stereocenters. The SMILES string of the molecule is CCCc1ccc(-n2c(Sc3ccc(C(C)(C)F)cc3)n[nH]c2=O)c(C(F)F)c1. The van der Waals surface area contributed by atoms with Crippen molar-refractivity contribution in [2.24, 2.45) is 0 Å². The molecule has 8 heteroatoms. The fourth-order valence-electron chi connectivity index (χ4n) is 3.01. The van der Waals surface area contributed by atoms with Gasteiger partial charge >= 0.3 is 5.69 Å². The van der Waals surface area contributed by atoms with Crippen LogP contribution in [0.25, 0.3) is 5.69 Å². The number of rotatable bonds is 7. The van der Waals surface area contributed by atoms with Gasteiger partial charge in [-0.25, -0.2) is 27.6 Å². The molecule has 0 aliphatic rings. The Morgan fingerprint density at radius 1 is 1.17 bits per heavy atom. The van der Waals surface area contributed by atoms with E-state index in [-0.39, 0.29) is 16.4 Å². The predicted octanol–water partition coefficient (Wildman–Crippen LogP) is 5.81. The number of hydrogen-bond acceptors (Lipinski definition) is 3. The average molecular weight is 421 g/mol. The third kappa shape index (κ3) is 4.75. The van der Waals surface area contributed by atoms with Crippen molar-refractivity contribution >= 4 is 11.8 Å². The fraction of sp³-hybridized carbons (Fsp3) is 0.333. The summed E-state index contributed by atoms with van der Waals surface area (Å²) in [5.74, 6) is 0. The standard InChI is InChI=1S/C21H22F3N3OS/c1-4-5-13-6-11-17(16(12-13)18(22)23)27-19(28)25-26-20(27)29-15-9-7-14(8-10-15)21(2,3)24/h6-12,18H,4-5H2,1-3H3,(H,25,28). The van der Waals surface area contributed by atoms with Gasteiger partial charge in [0, 0.05) is 10.5 Å². The van der Waals surface area contributed by atoms with Crippen molar-refractivity contribution < 1.29 is 13.2 Å².